The number of fused-ring (bicyclic) bond motifs is 1. The van der Waals surface area contributed by atoms with E-state index < -0.39 is 0 Å². The van der Waals surface area contributed by atoms with E-state index in [2.05, 4.69) is 20.3 Å². The predicted molar refractivity (Wildman–Crippen MR) is 86.1 cm³/mol. The van der Waals surface area contributed by atoms with E-state index in [1.165, 1.54) is 0 Å². The van der Waals surface area contributed by atoms with Crippen LogP contribution in [-0.2, 0) is 6.42 Å². The lowest BCUT2D eigenvalue weighted by atomic mass is 10.1. The van der Waals surface area contributed by atoms with Gasteiger partial charge in [-0.05, 0) is 46.7 Å². The van der Waals surface area contributed by atoms with Crippen LogP contribution in [0, 0.1) is 0 Å². The largest absolute Gasteiger partial charge is 0.330 e. The third kappa shape index (κ3) is 2.35. The number of aromatic nitrogens is 2. The monoisotopic (exact) mass is 349 g/mol. The van der Waals surface area contributed by atoms with E-state index in [-0.39, 0.29) is 0 Å². The third-order valence-corrected chi connectivity index (χ3v) is 4.06. The van der Waals surface area contributed by atoms with Crippen molar-refractivity contribution in [3.05, 3.63) is 57.8 Å². The average molecular weight is 351 g/mol. The number of hydrogen-bond acceptors (Lipinski definition) is 2. The second-order valence-corrected chi connectivity index (χ2v) is 5.74. The molecule has 2 N–H and O–H groups in total. The number of hydrogen-bond donors (Lipinski definition) is 1. The summed E-state index contributed by atoms with van der Waals surface area (Å²) in [6.07, 6.45) is 0.766. The van der Waals surface area contributed by atoms with Crippen molar-refractivity contribution in [3.8, 4) is 11.3 Å². The van der Waals surface area contributed by atoms with Crippen LogP contribution in [0.5, 0.6) is 0 Å². The normalized spacial score (nSPS) is 11.2. The van der Waals surface area contributed by atoms with Crippen molar-refractivity contribution in [1.82, 2.24) is 9.38 Å². The molecule has 20 heavy (non-hydrogen) atoms. The number of rotatable bonds is 3. The number of pyridine rings is 1. The van der Waals surface area contributed by atoms with Gasteiger partial charge in [0.25, 0.3) is 0 Å². The van der Waals surface area contributed by atoms with Gasteiger partial charge in [0, 0.05) is 17.0 Å². The Kier molecular flexibility index (Phi) is 3.78. The third-order valence-electron chi connectivity index (χ3n) is 3.19. The zero-order valence-electron chi connectivity index (χ0n) is 10.7. The van der Waals surface area contributed by atoms with Gasteiger partial charge in [0.05, 0.1) is 16.0 Å². The van der Waals surface area contributed by atoms with Crippen molar-refractivity contribution in [2.24, 2.45) is 5.73 Å². The van der Waals surface area contributed by atoms with Crippen LogP contribution in [-0.4, -0.2) is 15.9 Å². The molecule has 1 aromatic carbocycles. The molecule has 0 aliphatic carbocycles. The summed E-state index contributed by atoms with van der Waals surface area (Å²) >= 11 is 9.53. The van der Waals surface area contributed by atoms with Crippen LogP contribution in [0.25, 0.3) is 16.9 Å². The quantitative estimate of drug-likeness (QED) is 0.728. The molecule has 0 aliphatic rings. The predicted octanol–water partition coefficient (Wildman–Crippen LogP) is 3.92. The molecule has 0 bridgehead atoms. The van der Waals surface area contributed by atoms with Crippen LogP contribution in [0.1, 0.15) is 5.69 Å². The van der Waals surface area contributed by atoms with E-state index in [0.717, 1.165) is 38.6 Å². The van der Waals surface area contributed by atoms with Gasteiger partial charge in [-0.15, -0.1) is 0 Å². The fourth-order valence-corrected chi connectivity index (χ4v) is 2.99. The molecule has 0 saturated heterocycles. The maximum absolute atomic E-state index is 5.95. The molecule has 0 radical (unpaired) electrons. The van der Waals surface area contributed by atoms with Crippen LogP contribution < -0.4 is 5.73 Å². The van der Waals surface area contributed by atoms with E-state index >= 15 is 0 Å². The molecule has 2 aromatic heterocycles. The Morgan fingerprint density at radius 2 is 1.90 bits per heavy atom. The van der Waals surface area contributed by atoms with E-state index in [0.29, 0.717) is 6.54 Å². The van der Waals surface area contributed by atoms with Crippen LogP contribution in [0.2, 0.25) is 5.02 Å². The van der Waals surface area contributed by atoms with Gasteiger partial charge in [-0.25, -0.2) is 4.98 Å². The van der Waals surface area contributed by atoms with Gasteiger partial charge in [0.15, 0.2) is 0 Å². The Morgan fingerprint density at radius 1 is 1.15 bits per heavy atom. The second-order valence-electron chi connectivity index (χ2n) is 4.49. The molecule has 3 rings (SSSR count). The summed E-state index contributed by atoms with van der Waals surface area (Å²) in [6, 6.07) is 13.7. The minimum atomic E-state index is 0.579. The molecule has 0 aliphatic heterocycles. The zero-order chi connectivity index (χ0) is 14.1. The lowest BCUT2D eigenvalue weighted by molar-refractivity contribution is 0.899. The number of nitrogens with two attached hydrogens (primary N) is 1. The molecule has 0 saturated carbocycles. The highest BCUT2D eigenvalue weighted by Gasteiger charge is 2.14. The molecule has 0 atom stereocenters. The van der Waals surface area contributed by atoms with Crippen LogP contribution >= 0.6 is 27.5 Å². The highest BCUT2D eigenvalue weighted by Crippen LogP contribution is 2.28. The fourth-order valence-electron chi connectivity index (χ4n) is 2.32. The van der Waals surface area contributed by atoms with Crippen molar-refractivity contribution in [3.63, 3.8) is 0 Å². The number of halogens is 2. The number of benzene rings is 1. The van der Waals surface area contributed by atoms with Crippen molar-refractivity contribution in [2.75, 3.05) is 6.54 Å². The SMILES string of the molecule is NCCc1c(-c2ccc(Cl)cc2)nc2cccc(Br)n12. The molecular weight excluding hydrogens is 338 g/mol. The molecule has 0 fully saturated rings. The van der Waals surface area contributed by atoms with Gasteiger partial charge in [-0.3, -0.25) is 4.40 Å². The molecule has 0 amide bonds. The Balaban J connectivity index is 2.26. The summed E-state index contributed by atoms with van der Waals surface area (Å²) < 4.78 is 3.07. The molecular formula is C15H13BrClN3. The first kappa shape index (κ1) is 13.6. The van der Waals surface area contributed by atoms with E-state index in [4.69, 9.17) is 22.3 Å². The van der Waals surface area contributed by atoms with E-state index in [1.54, 1.807) is 0 Å². The van der Waals surface area contributed by atoms with Crippen molar-refractivity contribution < 1.29 is 0 Å². The summed E-state index contributed by atoms with van der Waals surface area (Å²) in [5.74, 6) is 0. The minimum absolute atomic E-state index is 0.579. The zero-order valence-corrected chi connectivity index (χ0v) is 13.0. The van der Waals surface area contributed by atoms with Gasteiger partial charge in [0.2, 0.25) is 0 Å². The average Bonchev–Trinajstić information content (AvgIpc) is 2.80. The molecule has 3 nitrogen and oxygen atoms in total. The number of imidazole rings is 1. The Hall–Kier alpha value is -1.36. The lowest BCUT2D eigenvalue weighted by Gasteiger charge is -2.05. The van der Waals surface area contributed by atoms with Gasteiger partial charge in [0.1, 0.15) is 5.65 Å². The second kappa shape index (κ2) is 5.56. The smallest absolute Gasteiger partial charge is 0.138 e. The highest BCUT2D eigenvalue weighted by molar-refractivity contribution is 9.10. The first-order chi connectivity index (χ1) is 9.70. The van der Waals surface area contributed by atoms with Crippen LogP contribution in [0.4, 0.5) is 0 Å². The van der Waals surface area contributed by atoms with Gasteiger partial charge in [-0.2, -0.15) is 0 Å². The van der Waals surface area contributed by atoms with Crippen molar-refractivity contribution in [1.29, 1.82) is 0 Å². The van der Waals surface area contributed by atoms with E-state index in [1.807, 2.05) is 42.5 Å². The summed E-state index contributed by atoms with van der Waals surface area (Å²) in [5.41, 5.74) is 9.78. The van der Waals surface area contributed by atoms with Gasteiger partial charge < -0.3 is 5.73 Å². The Morgan fingerprint density at radius 3 is 2.60 bits per heavy atom. The Bertz CT molecular complexity index is 750. The summed E-state index contributed by atoms with van der Waals surface area (Å²) in [7, 11) is 0. The van der Waals surface area contributed by atoms with Crippen molar-refractivity contribution in [2.45, 2.75) is 6.42 Å². The first-order valence-electron chi connectivity index (χ1n) is 6.32. The topological polar surface area (TPSA) is 43.3 Å². The van der Waals surface area contributed by atoms with Gasteiger partial charge in [-0.1, -0.05) is 29.8 Å². The lowest BCUT2D eigenvalue weighted by Crippen LogP contribution is -2.06. The fraction of sp³-hybridized carbons (Fsp3) is 0.133. The van der Waals surface area contributed by atoms with Crippen LogP contribution in [0.3, 0.4) is 0 Å². The van der Waals surface area contributed by atoms with Crippen molar-refractivity contribution >= 4 is 33.2 Å². The van der Waals surface area contributed by atoms with Crippen LogP contribution in [0.15, 0.2) is 47.1 Å². The molecule has 0 unspecified atom stereocenters. The maximum Gasteiger partial charge on any atom is 0.138 e. The Labute approximate surface area is 130 Å². The minimum Gasteiger partial charge on any atom is -0.330 e. The summed E-state index contributed by atoms with van der Waals surface area (Å²) in [5, 5.41) is 0.721. The van der Waals surface area contributed by atoms with E-state index in [9.17, 15) is 0 Å². The van der Waals surface area contributed by atoms with Gasteiger partial charge >= 0.3 is 0 Å². The number of nitrogens with zero attached hydrogens (tertiary/aromatic N) is 2. The summed E-state index contributed by atoms with van der Waals surface area (Å²) in [4.78, 5) is 4.73. The standard InChI is InChI=1S/C15H13BrClN3/c16-13-2-1-3-14-19-15(12(8-9-18)20(13)14)10-4-6-11(17)7-5-10/h1-7H,8-9,18H2. The highest BCUT2D eigenvalue weighted by atomic mass is 79.9. The molecule has 3 aromatic rings. The molecule has 102 valence electrons. The summed E-state index contributed by atoms with van der Waals surface area (Å²) in [6.45, 7) is 0.579. The maximum atomic E-state index is 5.95. The first-order valence-corrected chi connectivity index (χ1v) is 7.49. The molecule has 0 spiro atoms. The molecule has 2 heterocycles. The molecule has 5 heteroatoms.